The summed E-state index contributed by atoms with van der Waals surface area (Å²) in [5.74, 6) is 0.238. The number of carbonyl (C=O) groups excluding carboxylic acids is 2. The predicted octanol–water partition coefficient (Wildman–Crippen LogP) is 3.66. The van der Waals surface area contributed by atoms with Gasteiger partial charge >= 0.3 is 12.1 Å². The molecule has 1 unspecified atom stereocenters. The van der Waals surface area contributed by atoms with Crippen LogP contribution in [0.1, 0.15) is 65.7 Å². The van der Waals surface area contributed by atoms with E-state index in [2.05, 4.69) is 30.8 Å². The smallest absolute Gasteiger partial charge is 0.407 e. The molecule has 0 aliphatic rings. The van der Waals surface area contributed by atoms with Crippen LogP contribution in [-0.2, 0) is 14.3 Å². The van der Waals surface area contributed by atoms with E-state index in [1.54, 1.807) is 0 Å². The lowest BCUT2D eigenvalue weighted by atomic mass is 10.1. The molecule has 0 radical (unpaired) electrons. The molecule has 0 fully saturated rings. The Balaban J connectivity index is 4.15. The fourth-order valence-corrected chi connectivity index (χ4v) is 1.99. The van der Waals surface area contributed by atoms with Crippen molar-refractivity contribution in [2.24, 2.45) is 5.92 Å². The van der Waals surface area contributed by atoms with Gasteiger partial charge in [0, 0.05) is 0 Å². The lowest BCUT2D eigenvalue weighted by Gasteiger charge is -2.17. The van der Waals surface area contributed by atoms with Gasteiger partial charge in [-0.05, 0) is 25.2 Å². The molecule has 124 valence electrons. The van der Waals surface area contributed by atoms with Gasteiger partial charge in [-0.1, -0.05) is 46.5 Å². The average molecular weight is 301 g/mol. The van der Waals surface area contributed by atoms with Gasteiger partial charge in [0.1, 0.15) is 6.04 Å². The minimum absolute atomic E-state index is 0.361. The molecule has 0 aliphatic carbocycles. The van der Waals surface area contributed by atoms with Gasteiger partial charge in [0.15, 0.2) is 0 Å². The van der Waals surface area contributed by atoms with Crippen LogP contribution in [0.25, 0.3) is 0 Å². The number of ether oxygens (including phenoxy) is 2. The van der Waals surface area contributed by atoms with Gasteiger partial charge in [0.25, 0.3) is 0 Å². The molecule has 0 saturated carbocycles. The van der Waals surface area contributed by atoms with Gasteiger partial charge in [-0.25, -0.2) is 9.59 Å². The lowest BCUT2D eigenvalue weighted by molar-refractivity contribution is -0.146. The zero-order valence-electron chi connectivity index (χ0n) is 13.9. The summed E-state index contributed by atoms with van der Waals surface area (Å²) in [6, 6.07) is -0.603. The van der Waals surface area contributed by atoms with Crippen molar-refractivity contribution in [1.29, 1.82) is 0 Å². The molecule has 1 atom stereocenters. The molecule has 1 amide bonds. The summed E-state index contributed by atoms with van der Waals surface area (Å²) in [5, 5.41) is 2.56. The highest BCUT2D eigenvalue weighted by Crippen LogP contribution is 2.09. The molecule has 5 nitrogen and oxygen atoms in total. The van der Waals surface area contributed by atoms with Gasteiger partial charge in [-0.15, -0.1) is 0 Å². The molecule has 0 heterocycles. The third-order valence-electron chi connectivity index (χ3n) is 3.28. The Hall–Kier alpha value is -1.26. The maximum atomic E-state index is 12.0. The summed E-state index contributed by atoms with van der Waals surface area (Å²) < 4.78 is 9.81. The Morgan fingerprint density at radius 3 is 2.33 bits per heavy atom. The summed E-state index contributed by atoms with van der Waals surface area (Å²) in [6.45, 7) is 6.81. The summed E-state index contributed by atoms with van der Waals surface area (Å²) in [7, 11) is 1.29. The second-order valence-electron chi connectivity index (χ2n) is 5.74. The van der Waals surface area contributed by atoms with Gasteiger partial charge in [-0.3, -0.25) is 0 Å². The van der Waals surface area contributed by atoms with Crippen LogP contribution in [0.15, 0.2) is 0 Å². The number of alkyl carbamates (subject to hydrolysis) is 1. The largest absolute Gasteiger partial charge is 0.464 e. The van der Waals surface area contributed by atoms with Gasteiger partial charge in [-0.2, -0.15) is 0 Å². The molecule has 0 saturated heterocycles. The molecule has 0 bridgehead atoms. The van der Waals surface area contributed by atoms with Gasteiger partial charge in [0.2, 0.25) is 0 Å². The van der Waals surface area contributed by atoms with Crippen LogP contribution in [0.5, 0.6) is 0 Å². The first kappa shape index (κ1) is 19.7. The first-order valence-corrected chi connectivity index (χ1v) is 8.02. The molecule has 0 spiro atoms. The molecule has 5 heteroatoms. The van der Waals surface area contributed by atoms with Crippen molar-refractivity contribution >= 4 is 12.1 Å². The standard InChI is InChI=1S/C16H31NO4/c1-5-6-7-8-11-14(17-16(19)20-4)15(18)21-12-9-10-13(2)3/h13-14H,5-12H2,1-4H3,(H,17,19). The highest BCUT2D eigenvalue weighted by atomic mass is 16.5. The number of hydrogen-bond donors (Lipinski definition) is 1. The van der Waals surface area contributed by atoms with Crippen molar-refractivity contribution < 1.29 is 19.1 Å². The minimum atomic E-state index is -0.603. The predicted molar refractivity (Wildman–Crippen MR) is 83.1 cm³/mol. The van der Waals surface area contributed by atoms with E-state index in [4.69, 9.17) is 4.74 Å². The van der Waals surface area contributed by atoms with Crippen molar-refractivity contribution in [3.63, 3.8) is 0 Å². The van der Waals surface area contributed by atoms with E-state index in [0.717, 1.165) is 38.5 Å². The number of unbranched alkanes of at least 4 members (excludes halogenated alkanes) is 3. The van der Waals surface area contributed by atoms with Crippen molar-refractivity contribution in [2.75, 3.05) is 13.7 Å². The second kappa shape index (κ2) is 12.5. The molecule has 0 aromatic heterocycles. The molecule has 0 rings (SSSR count). The number of methoxy groups -OCH3 is 1. The Labute approximate surface area is 128 Å². The maximum Gasteiger partial charge on any atom is 0.407 e. The van der Waals surface area contributed by atoms with Gasteiger partial charge in [0.05, 0.1) is 13.7 Å². The van der Waals surface area contributed by atoms with E-state index in [9.17, 15) is 9.59 Å². The van der Waals surface area contributed by atoms with Crippen LogP contribution in [0.3, 0.4) is 0 Å². The van der Waals surface area contributed by atoms with Crippen LogP contribution in [0.4, 0.5) is 4.79 Å². The molecule has 21 heavy (non-hydrogen) atoms. The molecule has 0 aromatic carbocycles. The fourth-order valence-electron chi connectivity index (χ4n) is 1.99. The van der Waals surface area contributed by atoms with E-state index in [1.165, 1.54) is 7.11 Å². The highest BCUT2D eigenvalue weighted by molar-refractivity contribution is 5.81. The zero-order valence-corrected chi connectivity index (χ0v) is 13.9. The molecule has 1 N–H and O–H groups in total. The summed E-state index contributed by atoms with van der Waals surface area (Å²) in [6.07, 6.45) is 6.10. The number of hydrogen-bond acceptors (Lipinski definition) is 4. The molecular formula is C16H31NO4. The second-order valence-corrected chi connectivity index (χ2v) is 5.74. The van der Waals surface area contributed by atoms with Crippen molar-refractivity contribution in [3.8, 4) is 0 Å². The fraction of sp³-hybridized carbons (Fsp3) is 0.875. The van der Waals surface area contributed by atoms with E-state index >= 15 is 0 Å². The van der Waals surface area contributed by atoms with E-state index in [-0.39, 0.29) is 5.97 Å². The Morgan fingerprint density at radius 1 is 1.05 bits per heavy atom. The van der Waals surface area contributed by atoms with Crippen molar-refractivity contribution in [2.45, 2.75) is 71.8 Å². The minimum Gasteiger partial charge on any atom is -0.464 e. The number of rotatable bonds is 11. The van der Waals surface area contributed by atoms with Crippen LogP contribution < -0.4 is 5.32 Å². The third kappa shape index (κ3) is 11.1. The zero-order chi connectivity index (χ0) is 16.1. The van der Waals surface area contributed by atoms with E-state index < -0.39 is 12.1 Å². The third-order valence-corrected chi connectivity index (χ3v) is 3.28. The van der Waals surface area contributed by atoms with Crippen molar-refractivity contribution in [3.05, 3.63) is 0 Å². The van der Waals surface area contributed by atoms with Gasteiger partial charge < -0.3 is 14.8 Å². The van der Waals surface area contributed by atoms with Crippen LogP contribution in [0.2, 0.25) is 0 Å². The topological polar surface area (TPSA) is 64.6 Å². The summed E-state index contributed by atoms with van der Waals surface area (Å²) in [4.78, 5) is 23.3. The van der Waals surface area contributed by atoms with Crippen molar-refractivity contribution in [1.82, 2.24) is 5.32 Å². The molecule has 0 aromatic rings. The summed E-state index contributed by atoms with van der Waals surface area (Å²) in [5.41, 5.74) is 0. The first-order valence-electron chi connectivity index (χ1n) is 8.02. The molecular weight excluding hydrogens is 270 g/mol. The maximum absolute atomic E-state index is 12.0. The van der Waals surface area contributed by atoms with E-state index in [0.29, 0.717) is 18.9 Å². The first-order chi connectivity index (χ1) is 10.0. The molecule has 0 aliphatic heterocycles. The number of nitrogens with one attached hydrogen (secondary N) is 1. The number of amides is 1. The normalized spacial score (nSPS) is 12.0. The monoisotopic (exact) mass is 301 g/mol. The number of carbonyl (C=O) groups is 2. The Morgan fingerprint density at radius 2 is 1.76 bits per heavy atom. The van der Waals surface area contributed by atoms with E-state index in [1.807, 2.05) is 0 Å². The summed E-state index contributed by atoms with van der Waals surface area (Å²) >= 11 is 0. The highest BCUT2D eigenvalue weighted by Gasteiger charge is 2.22. The quantitative estimate of drug-likeness (QED) is 0.467. The van der Waals surface area contributed by atoms with Crippen LogP contribution >= 0.6 is 0 Å². The van der Waals surface area contributed by atoms with Crippen LogP contribution in [0, 0.1) is 5.92 Å². The SMILES string of the molecule is CCCCCCC(NC(=O)OC)C(=O)OCCCC(C)C. The average Bonchev–Trinajstić information content (AvgIpc) is 2.46. The Bertz CT molecular complexity index is 292. The van der Waals surface area contributed by atoms with Crippen LogP contribution in [-0.4, -0.2) is 31.8 Å². The number of esters is 1. The lowest BCUT2D eigenvalue weighted by Crippen LogP contribution is -2.41. The Kier molecular flexibility index (Phi) is 11.7.